The molecule has 0 fully saturated rings. The molecule has 8 heteroatoms. The van der Waals surface area contributed by atoms with E-state index in [2.05, 4.69) is 10.00 Å². The van der Waals surface area contributed by atoms with Gasteiger partial charge in [-0.2, -0.15) is 5.10 Å². The van der Waals surface area contributed by atoms with Crippen LogP contribution in [0.3, 0.4) is 0 Å². The van der Waals surface area contributed by atoms with Crippen molar-refractivity contribution in [3.05, 3.63) is 53.7 Å². The fourth-order valence-corrected chi connectivity index (χ4v) is 2.97. The summed E-state index contributed by atoms with van der Waals surface area (Å²) in [6.07, 6.45) is 6.80. The highest BCUT2D eigenvalue weighted by Gasteiger charge is 2.18. The first kappa shape index (κ1) is 19.8. The minimum absolute atomic E-state index is 0.112. The van der Waals surface area contributed by atoms with Crippen LogP contribution in [-0.4, -0.2) is 64.9 Å². The van der Waals surface area contributed by atoms with E-state index >= 15 is 0 Å². The first-order valence-corrected chi connectivity index (χ1v) is 9.21. The van der Waals surface area contributed by atoms with Crippen LogP contribution >= 0.6 is 0 Å². The largest absolute Gasteiger partial charge is 0.489 e. The third kappa shape index (κ3) is 4.47. The van der Waals surface area contributed by atoms with Gasteiger partial charge in [0, 0.05) is 12.3 Å². The molecule has 4 N–H and O–H groups in total. The smallest absolute Gasteiger partial charge is 0.144 e. The zero-order chi connectivity index (χ0) is 20.1. The van der Waals surface area contributed by atoms with Crippen LogP contribution in [0.1, 0.15) is 12.1 Å². The molecule has 2 aromatic rings. The summed E-state index contributed by atoms with van der Waals surface area (Å²) in [5.41, 5.74) is 9.48. The van der Waals surface area contributed by atoms with Crippen molar-refractivity contribution in [1.82, 2.24) is 14.5 Å². The molecule has 0 saturated carbocycles. The van der Waals surface area contributed by atoms with Crippen molar-refractivity contribution in [1.29, 1.82) is 5.41 Å². The molecule has 0 bridgehead atoms. The number of fused-ring (bicyclic) bond motifs is 1. The van der Waals surface area contributed by atoms with Crippen LogP contribution in [0.25, 0.3) is 5.52 Å². The van der Waals surface area contributed by atoms with Gasteiger partial charge in [0.1, 0.15) is 18.1 Å². The standard InChI is InChI=1S/C20H26N6O2/c1-25(2)8-5-6-16-20(18-7-3-4-9-26(18)24-16)23-17-13-19(28-11-10-27)15(22)12-14(17)21/h3-4,7,9,12-13,21,27H,5-6,8,10-11,22H2,1-2H3. The molecule has 0 aromatic carbocycles. The van der Waals surface area contributed by atoms with Gasteiger partial charge in [0.15, 0.2) is 0 Å². The predicted octanol–water partition coefficient (Wildman–Crippen LogP) is 1.67. The van der Waals surface area contributed by atoms with Crippen molar-refractivity contribution >= 4 is 22.6 Å². The number of aliphatic hydroxyl groups is 1. The zero-order valence-electron chi connectivity index (χ0n) is 16.2. The second kappa shape index (κ2) is 8.81. The maximum atomic E-state index is 8.99. The summed E-state index contributed by atoms with van der Waals surface area (Å²) in [7, 11) is 4.09. The van der Waals surface area contributed by atoms with Crippen LogP contribution in [0.5, 0.6) is 0 Å². The Hall–Kier alpha value is -2.97. The Kier molecular flexibility index (Phi) is 6.23. The van der Waals surface area contributed by atoms with Crippen LogP contribution in [0.2, 0.25) is 0 Å². The van der Waals surface area contributed by atoms with Gasteiger partial charge in [-0.1, -0.05) is 6.07 Å². The van der Waals surface area contributed by atoms with Gasteiger partial charge >= 0.3 is 0 Å². The Morgan fingerprint density at radius 1 is 1.32 bits per heavy atom. The number of aromatic nitrogens is 2. The lowest BCUT2D eigenvalue weighted by Crippen LogP contribution is -2.20. The number of rotatable bonds is 8. The molecule has 0 saturated heterocycles. The first-order valence-electron chi connectivity index (χ1n) is 9.21. The molecule has 0 unspecified atom stereocenters. The normalized spacial score (nSPS) is 16.0. The van der Waals surface area contributed by atoms with Gasteiger partial charge in [0.05, 0.1) is 34.9 Å². The van der Waals surface area contributed by atoms with Crippen LogP contribution in [0.15, 0.2) is 53.0 Å². The lowest BCUT2D eigenvalue weighted by molar-refractivity contribution is 0.149. The maximum Gasteiger partial charge on any atom is 0.144 e. The second-order valence-electron chi connectivity index (χ2n) is 6.82. The van der Waals surface area contributed by atoms with Gasteiger partial charge in [-0.05, 0) is 51.7 Å². The molecule has 3 rings (SSSR count). The molecule has 8 nitrogen and oxygen atoms in total. The molecule has 1 aliphatic rings. The van der Waals surface area contributed by atoms with E-state index in [9.17, 15) is 0 Å². The van der Waals surface area contributed by atoms with Gasteiger partial charge in [-0.25, -0.2) is 9.51 Å². The van der Waals surface area contributed by atoms with Crippen molar-refractivity contribution in [3.63, 3.8) is 0 Å². The summed E-state index contributed by atoms with van der Waals surface area (Å²) in [6, 6.07) is 5.83. The third-order valence-corrected chi connectivity index (χ3v) is 4.31. The van der Waals surface area contributed by atoms with E-state index in [1.54, 1.807) is 6.08 Å². The number of nitrogens with one attached hydrogen (secondary N) is 1. The number of hydrogen-bond donors (Lipinski definition) is 3. The van der Waals surface area contributed by atoms with E-state index < -0.39 is 0 Å². The van der Waals surface area contributed by atoms with Gasteiger partial charge < -0.3 is 20.5 Å². The second-order valence-corrected chi connectivity index (χ2v) is 6.82. The molecule has 0 radical (unpaired) electrons. The van der Waals surface area contributed by atoms with E-state index in [0.29, 0.717) is 17.2 Å². The number of ether oxygens (including phenoxy) is 1. The molecule has 1 aliphatic carbocycles. The zero-order valence-corrected chi connectivity index (χ0v) is 16.2. The average Bonchev–Trinajstić information content (AvgIpc) is 3.00. The summed E-state index contributed by atoms with van der Waals surface area (Å²) in [5.74, 6) is 0.412. The SMILES string of the molecule is CN(C)CCCc1nn2ccccc2c1N=C1C=C(OCCO)C(N)=CC1=N. The van der Waals surface area contributed by atoms with Crippen LogP contribution < -0.4 is 5.73 Å². The Morgan fingerprint density at radius 3 is 2.89 bits per heavy atom. The van der Waals surface area contributed by atoms with Crippen molar-refractivity contribution < 1.29 is 9.84 Å². The highest BCUT2D eigenvalue weighted by molar-refractivity contribution is 6.50. The van der Waals surface area contributed by atoms with Gasteiger partial charge in [0.25, 0.3) is 0 Å². The first-order chi connectivity index (χ1) is 13.5. The Labute approximate surface area is 164 Å². The number of aryl methyl sites for hydroxylation is 1. The molecule has 0 aliphatic heterocycles. The van der Waals surface area contributed by atoms with E-state index in [1.807, 2.05) is 43.0 Å². The fraction of sp³-hybridized carbons (Fsp3) is 0.350. The third-order valence-electron chi connectivity index (χ3n) is 4.31. The fourth-order valence-electron chi connectivity index (χ4n) is 2.97. The van der Waals surface area contributed by atoms with Crippen LogP contribution in [0.4, 0.5) is 5.69 Å². The van der Waals surface area contributed by atoms with Crippen molar-refractivity contribution in [2.45, 2.75) is 12.8 Å². The van der Waals surface area contributed by atoms with Gasteiger partial charge in [0.2, 0.25) is 0 Å². The molecular formula is C20H26N6O2. The van der Waals surface area contributed by atoms with Crippen LogP contribution in [0, 0.1) is 5.41 Å². The molecule has 2 heterocycles. The van der Waals surface area contributed by atoms with E-state index in [4.69, 9.17) is 26.0 Å². The highest BCUT2D eigenvalue weighted by atomic mass is 16.5. The minimum atomic E-state index is -0.112. The summed E-state index contributed by atoms with van der Waals surface area (Å²) in [4.78, 5) is 6.89. The molecule has 0 atom stereocenters. The molecule has 2 aromatic heterocycles. The van der Waals surface area contributed by atoms with Gasteiger partial charge in [-0.3, -0.25) is 5.41 Å². The highest BCUT2D eigenvalue weighted by Crippen LogP contribution is 2.28. The number of hydrogen-bond acceptors (Lipinski definition) is 7. The lowest BCUT2D eigenvalue weighted by atomic mass is 10.1. The maximum absolute atomic E-state index is 8.99. The number of nitrogens with two attached hydrogens (primary N) is 1. The van der Waals surface area contributed by atoms with Gasteiger partial charge in [-0.15, -0.1) is 0 Å². The molecule has 0 spiro atoms. The quantitative estimate of drug-likeness (QED) is 0.601. The van der Waals surface area contributed by atoms with Crippen molar-refractivity contribution in [3.8, 4) is 0 Å². The monoisotopic (exact) mass is 382 g/mol. The Morgan fingerprint density at radius 2 is 2.14 bits per heavy atom. The number of aliphatic imine (C=N–C) groups is 1. The number of aliphatic hydroxyl groups excluding tert-OH is 1. The predicted molar refractivity (Wildman–Crippen MR) is 110 cm³/mol. The van der Waals surface area contributed by atoms with E-state index in [0.717, 1.165) is 36.3 Å². The summed E-state index contributed by atoms with van der Waals surface area (Å²) >= 11 is 0. The minimum Gasteiger partial charge on any atom is -0.489 e. The molecule has 0 amide bonds. The molecule has 148 valence electrons. The summed E-state index contributed by atoms with van der Waals surface area (Å²) in [6.45, 7) is 0.976. The van der Waals surface area contributed by atoms with E-state index in [-0.39, 0.29) is 18.9 Å². The molecular weight excluding hydrogens is 356 g/mol. The Bertz CT molecular complexity index is 955. The summed E-state index contributed by atoms with van der Waals surface area (Å²) < 4.78 is 7.28. The number of nitrogens with zero attached hydrogens (tertiary/aromatic N) is 4. The van der Waals surface area contributed by atoms with Crippen molar-refractivity contribution in [2.24, 2.45) is 10.7 Å². The number of allylic oxidation sites excluding steroid dienone is 2. The lowest BCUT2D eigenvalue weighted by Gasteiger charge is -2.15. The van der Waals surface area contributed by atoms with E-state index in [1.165, 1.54) is 6.08 Å². The summed E-state index contributed by atoms with van der Waals surface area (Å²) in [5, 5.41) is 21.9. The van der Waals surface area contributed by atoms with Crippen molar-refractivity contribution in [2.75, 3.05) is 33.9 Å². The topological polar surface area (TPSA) is 112 Å². The molecule has 28 heavy (non-hydrogen) atoms. The number of pyridine rings is 1. The average molecular weight is 382 g/mol. The Balaban J connectivity index is 1.99. The van der Waals surface area contributed by atoms with Crippen LogP contribution in [-0.2, 0) is 11.2 Å².